The molecule has 170 valence electrons. The van der Waals surface area contributed by atoms with E-state index in [4.69, 9.17) is 14.5 Å². The second-order valence-corrected chi connectivity index (χ2v) is 8.49. The molecule has 32 heavy (non-hydrogen) atoms. The predicted molar refractivity (Wildman–Crippen MR) is 119 cm³/mol. The number of carbonyl (C=O) groups is 2. The lowest BCUT2D eigenvalue weighted by Gasteiger charge is -2.36. The van der Waals surface area contributed by atoms with Crippen molar-refractivity contribution >= 4 is 17.7 Å². The first kappa shape index (κ1) is 22.4. The van der Waals surface area contributed by atoms with Crippen molar-refractivity contribution < 1.29 is 19.1 Å². The Kier molecular flexibility index (Phi) is 6.53. The van der Waals surface area contributed by atoms with Crippen LogP contribution in [0.4, 0.5) is 5.95 Å². The van der Waals surface area contributed by atoms with Gasteiger partial charge in [0.2, 0.25) is 5.95 Å². The van der Waals surface area contributed by atoms with Crippen LogP contribution in [0.1, 0.15) is 60.8 Å². The van der Waals surface area contributed by atoms with Crippen LogP contribution in [0.2, 0.25) is 0 Å². The number of nitrogens with one attached hydrogen (secondary N) is 1. The fourth-order valence-electron chi connectivity index (χ4n) is 4.58. The minimum Gasteiger partial charge on any atom is -0.468 e. The van der Waals surface area contributed by atoms with Gasteiger partial charge in [-0.2, -0.15) is 0 Å². The number of ether oxygens (including phenoxy) is 2. The third kappa shape index (κ3) is 4.12. The van der Waals surface area contributed by atoms with Gasteiger partial charge < -0.3 is 14.8 Å². The summed E-state index contributed by atoms with van der Waals surface area (Å²) in [6, 6.07) is 8.58. The van der Waals surface area contributed by atoms with Gasteiger partial charge in [-0.25, -0.2) is 14.8 Å². The number of Topliss-reactive ketones (excluding diaryl/α,β-unsaturated/α-hetero) is 1. The number of methoxy groups -OCH3 is 1. The van der Waals surface area contributed by atoms with E-state index < -0.39 is 17.6 Å². The molecule has 0 amide bonds. The number of aromatic nitrogens is 2. The smallest absolute Gasteiger partial charge is 0.329 e. The molecular formula is C24H30N4O4. The summed E-state index contributed by atoms with van der Waals surface area (Å²) < 4.78 is 10.6. The van der Waals surface area contributed by atoms with Crippen LogP contribution in [-0.2, 0) is 19.8 Å². The molecule has 2 aliphatic rings. The molecule has 4 rings (SSSR count). The van der Waals surface area contributed by atoms with Crippen LogP contribution in [0.25, 0.3) is 0 Å². The highest BCUT2D eigenvalue weighted by Gasteiger charge is 2.51. The molecule has 2 unspecified atom stereocenters. The first-order valence-corrected chi connectivity index (χ1v) is 11.1. The van der Waals surface area contributed by atoms with E-state index in [0.717, 1.165) is 18.4 Å². The molecule has 2 aliphatic heterocycles. The molecule has 1 fully saturated rings. The molecular weight excluding hydrogens is 408 g/mol. The zero-order chi connectivity index (χ0) is 22.7. The molecule has 1 N–H and O–H groups in total. The van der Waals surface area contributed by atoms with Crippen LogP contribution in [0.15, 0.2) is 36.5 Å². The van der Waals surface area contributed by atoms with Crippen LogP contribution >= 0.6 is 0 Å². The summed E-state index contributed by atoms with van der Waals surface area (Å²) >= 11 is 0. The molecule has 0 saturated carbocycles. The Morgan fingerprint density at radius 2 is 1.97 bits per heavy atom. The van der Waals surface area contributed by atoms with E-state index in [0.29, 0.717) is 36.8 Å². The third-order valence-corrected chi connectivity index (χ3v) is 6.68. The van der Waals surface area contributed by atoms with Crippen molar-refractivity contribution in [1.29, 1.82) is 0 Å². The zero-order valence-electron chi connectivity index (χ0n) is 18.8. The Balaban J connectivity index is 1.68. The summed E-state index contributed by atoms with van der Waals surface area (Å²) in [5.74, 6) is -0.000238. The van der Waals surface area contributed by atoms with Crippen molar-refractivity contribution in [3.8, 4) is 0 Å². The average Bonchev–Trinajstić information content (AvgIpc) is 3.07. The van der Waals surface area contributed by atoms with Crippen LogP contribution in [0.3, 0.4) is 0 Å². The van der Waals surface area contributed by atoms with E-state index in [9.17, 15) is 9.59 Å². The third-order valence-electron chi connectivity index (χ3n) is 6.68. The van der Waals surface area contributed by atoms with Gasteiger partial charge in [-0.3, -0.25) is 9.69 Å². The van der Waals surface area contributed by atoms with Crippen molar-refractivity contribution in [2.75, 3.05) is 32.2 Å². The Hall–Kier alpha value is -2.84. The molecule has 1 aromatic carbocycles. The average molecular weight is 439 g/mol. The maximum Gasteiger partial charge on any atom is 0.329 e. The largest absolute Gasteiger partial charge is 0.468 e. The maximum absolute atomic E-state index is 13.1. The van der Waals surface area contributed by atoms with Crippen molar-refractivity contribution in [1.82, 2.24) is 14.9 Å². The van der Waals surface area contributed by atoms with Gasteiger partial charge in [0.15, 0.2) is 11.8 Å². The van der Waals surface area contributed by atoms with Gasteiger partial charge in [-0.1, -0.05) is 37.3 Å². The summed E-state index contributed by atoms with van der Waals surface area (Å²) in [5.41, 5.74) is 1.49. The molecule has 2 aromatic rings. The topological polar surface area (TPSA) is 93.7 Å². The second kappa shape index (κ2) is 9.34. The lowest BCUT2D eigenvalue weighted by molar-refractivity contribution is -0.148. The minimum atomic E-state index is -0.772. The maximum atomic E-state index is 13.1. The number of esters is 1. The Bertz CT molecular complexity index is 977. The van der Waals surface area contributed by atoms with E-state index in [1.807, 2.05) is 36.9 Å². The van der Waals surface area contributed by atoms with Gasteiger partial charge in [0, 0.05) is 42.1 Å². The summed E-state index contributed by atoms with van der Waals surface area (Å²) in [6.07, 6.45) is 4.23. The van der Waals surface area contributed by atoms with Crippen LogP contribution in [-0.4, -0.2) is 59.5 Å². The van der Waals surface area contributed by atoms with Crippen molar-refractivity contribution in [3.05, 3.63) is 53.3 Å². The van der Waals surface area contributed by atoms with Gasteiger partial charge in [0.1, 0.15) is 0 Å². The van der Waals surface area contributed by atoms with Crippen molar-refractivity contribution in [2.24, 2.45) is 0 Å². The molecule has 0 aliphatic carbocycles. The lowest BCUT2D eigenvalue weighted by atomic mass is 9.91. The highest BCUT2D eigenvalue weighted by molar-refractivity contribution is 5.98. The molecule has 8 heteroatoms. The van der Waals surface area contributed by atoms with Gasteiger partial charge in [-0.15, -0.1) is 0 Å². The number of rotatable bonds is 7. The standard InChI is InChI=1S/C24H30N4O4/c1-4-24(2)18-14-25-23(26-17-10-12-32-13-11-17)27-20(18)21(22(30)31-3)28(24)15-19(29)16-8-6-5-7-9-16/h5-9,14,17,21H,4,10-13,15H2,1-3H3,(H,25,26,27). The summed E-state index contributed by atoms with van der Waals surface area (Å²) in [6.45, 7) is 5.56. The van der Waals surface area contributed by atoms with Crippen LogP contribution in [0, 0.1) is 0 Å². The van der Waals surface area contributed by atoms with E-state index in [1.165, 1.54) is 7.11 Å². The van der Waals surface area contributed by atoms with E-state index >= 15 is 0 Å². The van der Waals surface area contributed by atoms with Gasteiger partial charge in [0.05, 0.1) is 19.3 Å². The van der Waals surface area contributed by atoms with Crippen molar-refractivity contribution in [3.63, 3.8) is 0 Å². The number of benzene rings is 1. The normalized spacial score (nSPS) is 23.5. The van der Waals surface area contributed by atoms with Crippen molar-refractivity contribution in [2.45, 2.75) is 50.7 Å². The first-order chi connectivity index (χ1) is 15.5. The van der Waals surface area contributed by atoms with Gasteiger partial charge in [-0.05, 0) is 26.2 Å². The minimum absolute atomic E-state index is 0.0551. The molecule has 0 radical (unpaired) electrons. The Morgan fingerprint density at radius 3 is 2.62 bits per heavy atom. The molecule has 0 bridgehead atoms. The van der Waals surface area contributed by atoms with Gasteiger partial charge in [0.25, 0.3) is 0 Å². The van der Waals surface area contributed by atoms with Gasteiger partial charge >= 0.3 is 5.97 Å². The highest BCUT2D eigenvalue weighted by Crippen LogP contribution is 2.47. The fraction of sp³-hybridized carbons (Fsp3) is 0.500. The second-order valence-electron chi connectivity index (χ2n) is 8.49. The number of hydrogen-bond acceptors (Lipinski definition) is 8. The fourth-order valence-corrected chi connectivity index (χ4v) is 4.58. The van der Waals surface area contributed by atoms with E-state index in [2.05, 4.69) is 10.3 Å². The highest BCUT2D eigenvalue weighted by atomic mass is 16.5. The number of hydrogen-bond donors (Lipinski definition) is 1. The molecule has 3 heterocycles. The number of nitrogens with zero attached hydrogens (tertiary/aromatic N) is 3. The predicted octanol–water partition coefficient (Wildman–Crippen LogP) is 3.11. The number of fused-ring (bicyclic) bond motifs is 1. The molecule has 1 aromatic heterocycles. The molecule has 8 nitrogen and oxygen atoms in total. The number of ketones is 1. The van der Waals surface area contributed by atoms with Crippen LogP contribution in [0.5, 0.6) is 0 Å². The lowest BCUT2D eigenvalue weighted by Crippen LogP contribution is -2.45. The molecule has 2 atom stereocenters. The first-order valence-electron chi connectivity index (χ1n) is 11.1. The monoisotopic (exact) mass is 438 g/mol. The summed E-state index contributed by atoms with van der Waals surface area (Å²) in [4.78, 5) is 37.2. The molecule has 1 saturated heterocycles. The Labute approximate surface area is 188 Å². The summed E-state index contributed by atoms with van der Waals surface area (Å²) in [7, 11) is 1.36. The van der Waals surface area contributed by atoms with Crippen LogP contribution < -0.4 is 5.32 Å². The van der Waals surface area contributed by atoms with E-state index in [1.54, 1.807) is 18.3 Å². The van der Waals surface area contributed by atoms with E-state index in [-0.39, 0.29) is 18.4 Å². The molecule has 0 spiro atoms. The summed E-state index contributed by atoms with van der Waals surface area (Å²) in [5, 5.41) is 3.38. The number of carbonyl (C=O) groups excluding carboxylic acids is 2. The zero-order valence-corrected chi connectivity index (χ0v) is 18.8. The quantitative estimate of drug-likeness (QED) is 0.521. The Morgan fingerprint density at radius 1 is 1.25 bits per heavy atom. The number of anilines is 1. The SMILES string of the molecule is CCC1(C)c2cnc(NC3CCOCC3)nc2C(C(=O)OC)N1CC(=O)c1ccccc1.